The summed E-state index contributed by atoms with van der Waals surface area (Å²) in [7, 11) is 0. The number of halogens is 1. The lowest BCUT2D eigenvalue weighted by Gasteiger charge is -2.15. The van der Waals surface area contributed by atoms with Gasteiger partial charge in [0.15, 0.2) is 0 Å². The molecule has 0 aliphatic heterocycles. The van der Waals surface area contributed by atoms with Crippen molar-refractivity contribution in [1.29, 1.82) is 0 Å². The number of carbonyl (C=O) groups is 1. The Hall–Kier alpha value is -2.41. The largest absolute Gasteiger partial charge is 0.352 e. The second-order valence-electron chi connectivity index (χ2n) is 8.84. The van der Waals surface area contributed by atoms with E-state index < -0.39 is 0 Å². The van der Waals surface area contributed by atoms with E-state index in [4.69, 9.17) is 16.6 Å². The first kappa shape index (κ1) is 25.7. The van der Waals surface area contributed by atoms with Crippen molar-refractivity contribution in [2.45, 2.75) is 53.0 Å². The van der Waals surface area contributed by atoms with Gasteiger partial charge in [-0.15, -0.1) is 22.7 Å². The van der Waals surface area contributed by atoms with Gasteiger partial charge in [0.1, 0.15) is 5.01 Å². The van der Waals surface area contributed by atoms with Gasteiger partial charge < -0.3 is 9.88 Å². The van der Waals surface area contributed by atoms with Gasteiger partial charge in [0.05, 0.1) is 28.5 Å². The van der Waals surface area contributed by atoms with Crippen LogP contribution in [0.2, 0.25) is 5.02 Å². The molecule has 4 rings (SSSR count). The average Bonchev–Trinajstić information content (AvgIpc) is 3.61. The fourth-order valence-electron chi connectivity index (χ4n) is 4.27. The first-order valence-corrected chi connectivity index (χ1v) is 14.4. The van der Waals surface area contributed by atoms with E-state index in [2.05, 4.69) is 46.6 Å². The van der Waals surface area contributed by atoms with Gasteiger partial charge in [-0.05, 0) is 42.8 Å². The second-order valence-corrected chi connectivity index (χ2v) is 11.1. The lowest BCUT2D eigenvalue weighted by atomic mass is 9.99. The first-order chi connectivity index (χ1) is 17.0. The summed E-state index contributed by atoms with van der Waals surface area (Å²) in [5.74, 6) is 0.508. The minimum Gasteiger partial charge on any atom is -0.352 e. The maximum Gasteiger partial charge on any atom is 0.253 e. The fraction of sp³-hybridized carbons (Fsp3) is 0.357. The van der Waals surface area contributed by atoms with E-state index in [1.54, 1.807) is 22.7 Å². The van der Waals surface area contributed by atoms with E-state index in [1.807, 2.05) is 37.3 Å². The molecule has 0 saturated carbocycles. The van der Waals surface area contributed by atoms with Crippen molar-refractivity contribution in [1.82, 2.24) is 14.9 Å². The molecule has 0 spiro atoms. The van der Waals surface area contributed by atoms with Crippen LogP contribution in [0.3, 0.4) is 0 Å². The molecule has 1 unspecified atom stereocenters. The number of carbonyl (C=O) groups excluding carboxylic acids is 1. The van der Waals surface area contributed by atoms with Crippen LogP contribution in [0.1, 0.15) is 60.5 Å². The van der Waals surface area contributed by atoms with E-state index in [-0.39, 0.29) is 5.91 Å². The molecule has 35 heavy (non-hydrogen) atoms. The van der Waals surface area contributed by atoms with Crippen molar-refractivity contribution in [3.63, 3.8) is 0 Å². The number of amides is 1. The second kappa shape index (κ2) is 12.0. The predicted octanol–water partition coefficient (Wildman–Crippen LogP) is 8.30. The SMILES string of the molecule is CCCCC(CC)CNC(=O)c1cc(-c2csc(-c3ccccc3Cl)n2)n(Cc2cccs2)c1C. The van der Waals surface area contributed by atoms with Gasteiger partial charge in [-0.1, -0.05) is 69.0 Å². The van der Waals surface area contributed by atoms with Gasteiger partial charge >= 0.3 is 0 Å². The molecular weight excluding hydrogens is 494 g/mol. The summed E-state index contributed by atoms with van der Waals surface area (Å²) in [5.41, 5.74) is 4.41. The molecule has 0 saturated heterocycles. The number of nitrogens with one attached hydrogen (secondary N) is 1. The summed E-state index contributed by atoms with van der Waals surface area (Å²) in [6.07, 6.45) is 4.61. The number of hydrogen-bond donors (Lipinski definition) is 1. The average molecular weight is 526 g/mol. The van der Waals surface area contributed by atoms with Gasteiger partial charge in [0, 0.05) is 28.1 Å². The van der Waals surface area contributed by atoms with Gasteiger partial charge in [0.25, 0.3) is 5.91 Å². The Morgan fingerprint density at radius 3 is 2.71 bits per heavy atom. The molecule has 3 heterocycles. The lowest BCUT2D eigenvalue weighted by Crippen LogP contribution is -2.29. The van der Waals surface area contributed by atoms with Gasteiger partial charge in [0.2, 0.25) is 0 Å². The van der Waals surface area contributed by atoms with Crippen LogP contribution >= 0.6 is 34.3 Å². The number of thiazole rings is 1. The Kier molecular flexibility index (Phi) is 8.82. The third-order valence-corrected chi connectivity index (χ3v) is 8.54. The van der Waals surface area contributed by atoms with Crippen molar-refractivity contribution in [3.8, 4) is 22.0 Å². The number of aromatic nitrogens is 2. The van der Waals surface area contributed by atoms with Crippen LogP contribution in [0.25, 0.3) is 22.0 Å². The Morgan fingerprint density at radius 1 is 1.17 bits per heavy atom. The summed E-state index contributed by atoms with van der Waals surface area (Å²) in [5, 5.41) is 8.90. The molecule has 4 nitrogen and oxygen atoms in total. The maximum absolute atomic E-state index is 13.3. The predicted molar refractivity (Wildman–Crippen MR) is 150 cm³/mol. The van der Waals surface area contributed by atoms with Crippen molar-refractivity contribution in [2.24, 2.45) is 5.92 Å². The molecule has 184 valence electrons. The highest BCUT2D eigenvalue weighted by Gasteiger charge is 2.21. The van der Waals surface area contributed by atoms with Crippen molar-refractivity contribution in [3.05, 3.63) is 74.4 Å². The third-order valence-electron chi connectivity index (χ3n) is 6.47. The highest BCUT2D eigenvalue weighted by Crippen LogP contribution is 2.35. The topological polar surface area (TPSA) is 46.9 Å². The van der Waals surface area contributed by atoms with Crippen molar-refractivity contribution < 1.29 is 4.79 Å². The molecule has 0 radical (unpaired) electrons. The minimum atomic E-state index is -0.00909. The molecule has 0 fully saturated rings. The summed E-state index contributed by atoms with van der Waals surface area (Å²) in [6, 6.07) is 14.0. The van der Waals surface area contributed by atoms with Crippen LogP contribution in [0.5, 0.6) is 0 Å². The fourth-order valence-corrected chi connectivity index (χ4v) is 6.10. The minimum absolute atomic E-state index is 0.00909. The highest BCUT2D eigenvalue weighted by atomic mass is 35.5. The number of unbranched alkanes of at least 4 members (excludes halogenated alkanes) is 1. The van der Waals surface area contributed by atoms with Crippen LogP contribution in [0, 0.1) is 12.8 Å². The molecule has 7 heteroatoms. The Morgan fingerprint density at radius 2 is 2.00 bits per heavy atom. The summed E-state index contributed by atoms with van der Waals surface area (Å²) >= 11 is 9.71. The molecule has 0 aliphatic rings. The van der Waals surface area contributed by atoms with Gasteiger partial charge in [-0.3, -0.25) is 4.79 Å². The van der Waals surface area contributed by atoms with Crippen molar-refractivity contribution >= 4 is 40.2 Å². The highest BCUT2D eigenvalue weighted by molar-refractivity contribution is 7.13. The number of hydrogen-bond acceptors (Lipinski definition) is 4. The van der Waals surface area contributed by atoms with Crippen LogP contribution < -0.4 is 5.32 Å². The van der Waals surface area contributed by atoms with E-state index >= 15 is 0 Å². The molecular formula is C28H32ClN3OS2. The Balaban J connectivity index is 1.65. The Labute approximate surface area is 221 Å². The molecule has 1 aromatic carbocycles. The Bertz CT molecular complexity index is 1260. The number of rotatable bonds is 11. The summed E-state index contributed by atoms with van der Waals surface area (Å²) in [6.45, 7) is 7.86. The normalized spacial score (nSPS) is 12.1. The van der Waals surface area contributed by atoms with E-state index in [9.17, 15) is 4.79 Å². The van der Waals surface area contributed by atoms with Crippen LogP contribution in [0.4, 0.5) is 0 Å². The maximum atomic E-state index is 13.3. The smallest absolute Gasteiger partial charge is 0.253 e. The summed E-state index contributed by atoms with van der Waals surface area (Å²) in [4.78, 5) is 19.4. The zero-order chi connectivity index (χ0) is 24.8. The molecule has 0 aliphatic carbocycles. The molecule has 1 atom stereocenters. The molecule has 1 N–H and O–H groups in total. The van der Waals surface area contributed by atoms with E-state index in [0.717, 1.165) is 40.5 Å². The zero-order valence-electron chi connectivity index (χ0n) is 20.5. The first-order valence-electron chi connectivity index (χ1n) is 12.2. The van der Waals surface area contributed by atoms with Crippen LogP contribution in [0.15, 0.2) is 53.2 Å². The molecule has 0 bridgehead atoms. The third kappa shape index (κ3) is 6.05. The van der Waals surface area contributed by atoms with Gasteiger partial charge in [-0.25, -0.2) is 4.98 Å². The van der Waals surface area contributed by atoms with E-state index in [0.29, 0.717) is 29.6 Å². The number of benzene rings is 1. The van der Waals surface area contributed by atoms with Crippen LogP contribution in [-0.4, -0.2) is 22.0 Å². The monoisotopic (exact) mass is 525 g/mol. The lowest BCUT2D eigenvalue weighted by molar-refractivity contribution is 0.0945. The molecule has 1 amide bonds. The van der Waals surface area contributed by atoms with E-state index in [1.165, 1.54) is 17.7 Å². The summed E-state index contributed by atoms with van der Waals surface area (Å²) < 4.78 is 2.21. The van der Waals surface area contributed by atoms with Gasteiger partial charge in [-0.2, -0.15) is 0 Å². The number of nitrogens with zero attached hydrogens (tertiary/aromatic N) is 2. The van der Waals surface area contributed by atoms with Crippen LogP contribution in [-0.2, 0) is 6.54 Å². The molecule has 3 aromatic heterocycles. The standard InChI is InChI=1S/C28H32ClN3OS2/c1-4-6-10-20(5-2)16-30-27(33)23-15-26(32(19(23)3)17-21-11-9-14-34-21)25-18-35-28(31-25)22-12-7-8-13-24(22)29/h7-9,11-15,18,20H,4-6,10,16-17H2,1-3H3,(H,30,33). The number of thiophene rings is 1. The molecule has 4 aromatic rings. The quantitative estimate of drug-likeness (QED) is 0.214. The van der Waals surface area contributed by atoms with Crippen molar-refractivity contribution in [2.75, 3.05) is 6.54 Å². The zero-order valence-corrected chi connectivity index (χ0v) is 22.9.